The summed E-state index contributed by atoms with van der Waals surface area (Å²) in [6, 6.07) is 6.51. The first kappa shape index (κ1) is 19.8. The highest BCUT2D eigenvalue weighted by atomic mass is 16.5. The van der Waals surface area contributed by atoms with Gasteiger partial charge in [-0.05, 0) is 19.4 Å². The molecular weight excluding hydrogens is 332 g/mol. The third-order valence-corrected chi connectivity index (χ3v) is 4.41. The normalized spacial score (nSPS) is 16.7. The van der Waals surface area contributed by atoms with E-state index in [1.165, 1.54) is 26.4 Å². The zero-order valence-corrected chi connectivity index (χ0v) is 15.8. The lowest BCUT2D eigenvalue weighted by Crippen LogP contribution is -2.45. The number of esters is 1. The zero-order valence-electron chi connectivity index (χ0n) is 15.8. The summed E-state index contributed by atoms with van der Waals surface area (Å²) in [5.74, 6) is 0.193. The van der Waals surface area contributed by atoms with Gasteiger partial charge < -0.3 is 20.1 Å². The molecule has 0 aliphatic carbocycles. The van der Waals surface area contributed by atoms with Crippen molar-refractivity contribution in [3.05, 3.63) is 41.1 Å². The van der Waals surface area contributed by atoms with Crippen molar-refractivity contribution in [2.24, 2.45) is 0 Å². The number of methoxy groups -OCH3 is 1. The van der Waals surface area contributed by atoms with Crippen LogP contribution in [0, 0.1) is 0 Å². The van der Waals surface area contributed by atoms with E-state index in [2.05, 4.69) is 17.6 Å². The highest BCUT2D eigenvalue weighted by Crippen LogP contribution is 2.33. The summed E-state index contributed by atoms with van der Waals surface area (Å²) in [5, 5.41) is 5.42. The molecule has 2 rings (SSSR count). The van der Waals surface area contributed by atoms with Crippen LogP contribution in [0.25, 0.3) is 0 Å². The molecule has 0 radical (unpaired) electrons. The predicted octanol–water partition coefficient (Wildman–Crippen LogP) is 3.84. The average Bonchev–Trinajstić information content (AvgIpc) is 2.63. The van der Waals surface area contributed by atoms with E-state index < -0.39 is 12.0 Å². The Hall–Kier alpha value is -2.50. The van der Waals surface area contributed by atoms with Crippen molar-refractivity contribution in [2.45, 2.75) is 52.0 Å². The number of para-hydroxylation sites is 1. The number of unbranched alkanes of at least 4 members (excludes halogenated alkanes) is 4. The summed E-state index contributed by atoms with van der Waals surface area (Å²) in [6.45, 7) is 4.49. The van der Waals surface area contributed by atoms with Crippen molar-refractivity contribution in [1.82, 2.24) is 10.6 Å². The van der Waals surface area contributed by atoms with Gasteiger partial charge in [0, 0.05) is 11.3 Å². The Morgan fingerprint density at radius 3 is 2.62 bits per heavy atom. The van der Waals surface area contributed by atoms with Gasteiger partial charge in [0.1, 0.15) is 5.75 Å². The summed E-state index contributed by atoms with van der Waals surface area (Å²) in [6.07, 6.45) is 5.77. The molecule has 1 unspecified atom stereocenters. The predicted molar refractivity (Wildman–Crippen MR) is 99.8 cm³/mol. The van der Waals surface area contributed by atoms with Gasteiger partial charge in [-0.3, -0.25) is 0 Å². The second kappa shape index (κ2) is 9.85. The highest BCUT2D eigenvalue weighted by Gasteiger charge is 2.33. The summed E-state index contributed by atoms with van der Waals surface area (Å²) >= 11 is 0. The Kier molecular flexibility index (Phi) is 7.51. The Bertz CT molecular complexity index is 670. The lowest BCUT2D eigenvalue weighted by Gasteiger charge is -2.29. The number of carbonyl (C=O) groups excluding carboxylic acids is 2. The van der Waals surface area contributed by atoms with Gasteiger partial charge in [0.25, 0.3) is 0 Å². The first-order chi connectivity index (χ1) is 12.6. The number of hydrogen-bond acceptors (Lipinski definition) is 4. The molecule has 0 bridgehead atoms. The lowest BCUT2D eigenvalue weighted by molar-refractivity contribution is -0.136. The fraction of sp³-hybridized carbons (Fsp3) is 0.500. The molecule has 6 nitrogen and oxygen atoms in total. The van der Waals surface area contributed by atoms with Gasteiger partial charge in [-0.25, -0.2) is 9.59 Å². The third-order valence-electron chi connectivity index (χ3n) is 4.41. The Labute approximate surface area is 154 Å². The van der Waals surface area contributed by atoms with Crippen molar-refractivity contribution in [2.75, 3.05) is 13.7 Å². The third kappa shape index (κ3) is 5.00. The minimum atomic E-state index is -0.604. The summed E-state index contributed by atoms with van der Waals surface area (Å²) in [4.78, 5) is 24.2. The SMILES string of the molecule is CCCCCCCOc1ccccc1C1NC(=O)NC(C)=C1C(=O)OC. The molecule has 0 saturated heterocycles. The van der Waals surface area contributed by atoms with Gasteiger partial charge in [-0.2, -0.15) is 0 Å². The number of carbonyl (C=O) groups is 2. The van der Waals surface area contributed by atoms with Crippen LogP contribution in [0.15, 0.2) is 35.5 Å². The number of ether oxygens (including phenoxy) is 2. The van der Waals surface area contributed by atoms with Crippen molar-refractivity contribution in [3.63, 3.8) is 0 Å². The topological polar surface area (TPSA) is 76.7 Å². The average molecular weight is 360 g/mol. The molecule has 2 amide bonds. The molecule has 0 fully saturated rings. The molecule has 1 aliphatic heterocycles. The minimum Gasteiger partial charge on any atom is -0.493 e. The summed E-state index contributed by atoms with van der Waals surface area (Å²) < 4.78 is 10.9. The number of rotatable bonds is 9. The van der Waals surface area contributed by atoms with Crippen LogP contribution in [0.3, 0.4) is 0 Å². The first-order valence-corrected chi connectivity index (χ1v) is 9.16. The van der Waals surface area contributed by atoms with Crippen LogP contribution in [0.2, 0.25) is 0 Å². The number of urea groups is 1. The van der Waals surface area contributed by atoms with Crippen molar-refractivity contribution < 1.29 is 19.1 Å². The molecule has 1 aliphatic rings. The van der Waals surface area contributed by atoms with Crippen LogP contribution >= 0.6 is 0 Å². The molecule has 0 aromatic heterocycles. The Morgan fingerprint density at radius 1 is 1.15 bits per heavy atom. The van der Waals surface area contributed by atoms with E-state index in [0.29, 0.717) is 23.6 Å². The van der Waals surface area contributed by atoms with Crippen molar-refractivity contribution >= 4 is 12.0 Å². The molecular formula is C20H28N2O4. The number of benzene rings is 1. The minimum absolute atomic E-state index is 0.352. The zero-order chi connectivity index (χ0) is 18.9. The van der Waals surface area contributed by atoms with Crippen LogP contribution in [0.4, 0.5) is 4.79 Å². The van der Waals surface area contributed by atoms with Crippen LogP contribution in [0.1, 0.15) is 57.6 Å². The quantitative estimate of drug-likeness (QED) is 0.518. The molecule has 26 heavy (non-hydrogen) atoms. The van der Waals surface area contributed by atoms with E-state index in [9.17, 15) is 9.59 Å². The maximum Gasteiger partial charge on any atom is 0.337 e. The fourth-order valence-corrected chi connectivity index (χ4v) is 3.05. The molecule has 0 saturated carbocycles. The van der Waals surface area contributed by atoms with Gasteiger partial charge in [-0.15, -0.1) is 0 Å². The van der Waals surface area contributed by atoms with Crippen LogP contribution < -0.4 is 15.4 Å². The number of allylic oxidation sites excluding steroid dienone is 1. The number of nitrogens with one attached hydrogen (secondary N) is 2. The Balaban J connectivity index is 2.17. The number of hydrogen-bond donors (Lipinski definition) is 2. The molecule has 6 heteroatoms. The van der Waals surface area contributed by atoms with E-state index >= 15 is 0 Å². The second-order valence-electron chi connectivity index (χ2n) is 6.36. The second-order valence-corrected chi connectivity index (χ2v) is 6.36. The lowest BCUT2D eigenvalue weighted by atomic mass is 9.95. The smallest absolute Gasteiger partial charge is 0.337 e. The van der Waals surface area contributed by atoms with Gasteiger partial charge >= 0.3 is 12.0 Å². The van der Waals surface area contributed by atoms with E-state index in [1.54, 1.807) is 6.92 Å². The van der Waals surface area contributed by atoms with Gasteiger partial charge in [-0.1, -0.05) is 50.8 Å². The molecule has 1 aromatic rings. The van der Waals surface area contributed by atoms with Gasteiger partial charge in [0.15, 0.2) is 0 Å². The number of amides is 2. The van der Waals surface area contributed by atoms with E-state index in [-0.39, 0.29) is 6.03 Å². The van der Waals surface area contributed by atoms with Crippen molar-refractivity contribution in [1.29, 1.82) is 0 Å². The molecule has 2 N–H and O–H groups in total. The maximum atomic E-state index is 12.2. The fourth-order valence-electron chi connectivity index (χ4n) is 3.05. The molecule has 1 aromatic carbocycles. The molecule has 1 atom stereocenters. The van der Waals surface area contributed by atoms with Gasteiger partial charge in [0.2, 0.25) is 0 Å². The first-order valence-electron chi connectivity index (χ1n) is 9.16. The Morgan fingerprint density at radius 2 is 1.88 bits per heavy atom. The standard InChI is InChI=1S/C20H28N2O4/c1-4-5-6-7-10-13-26-16-12-9-8-11-15(16)18-17(19(23)25-3)14(2)21-20(24)22-18/h8-9,11-12,18H,4-7,10,13H2,1-3H3,(H2,21,22,24). The van der Waals surface area contributed by atoms with Gasteiger partial charge in [0.05, 0.1) is 25.3 Å². The molecule has 142 valence electrons. The van der Waals surface area contributed by atoms with E-state index in [4.69, 9.17) is 9.47 Å². The molecule has 1 heterocycles. The van der Waals surface area contributed by atoms with Crippen LogP contribution in [-0.4, -0.2) is 25.7 Å². The highest BCUT2D eigenvalue weighted by molar-refractivity contribution is 5.95. The summed E-state index contributed by atoms with van der Waals surface area (Å²) in [5.41, 5.74) is 1.61. The monoisotopic (exact) mass is 360 g/mol. The van der Waals surface area contributed by atoms with Crippen LogP contribution in [-0.2, 0) is 9.53 Å². The molecule has 0 spiro atoms. The summed E-state index contributed by atoms with van der Waals surface area (Å²) in [7, 11) is 1.33. The van der Waals surface area contributed by atoms with Crippen LogP contribution in [0.5, 0.6) is 5.75 Å². The van der Waals surface area contributed by atoms with E-state index in [1.807, 2.05) is 24.3 Å². The van der Waals surface area contributed by atoms with E-state index in [0.717, 1.165) is 18.4 Å². The van der Waals surface area contributed by atoms with Crippen molar-refractivity contribution in [3.8, 4) is 5.75 Å². The largest absolute Gasteiger partial charge is 0.493 e. The maximum absolute atomic E-state index is 12.2.